The van der Waals surface area contributed by atoms with Gasteiger partial charge in [0.05, 0.1) is 6.54 Å². The van der Waals surface area contributed by atoms with Gasteiger partial charge in [-0.15, -0.1) is 0 Å². The molecule has 5 heteroatoms. The highest BCUT2D eigenvalue weighted by molar-refractivity contribution is 5.91. The summed E-state index contributed by atoms with van der Waals surface area (Å²) in [6.07, 6.45) is 6.74. The first-order valence-electron chi connectivity index (χ1n) is 7.66. The van der Waals surface area contributed by atoms with Crippen molar-refractivity contribution in [3.63, 3.8) is 0 Å². The molecule has 3 rings (SSSR count). The minimum atomic E-state index is 0.00700. The van der Waals surface area contributed by atoms with E-state index >= 15 is 0 Å². The maximum absolute atomic E-state index is 12.0. The average Bonchev–Trinajstić information content (AvgIpc) is 2.83. The normalized spacial score (nSPS) is 27.1. The van der Waals surface area contributed by atoms with E-state index in [9.17, 15) is 4.79 Å². The van der Waals surface area contributed by atoms with Gasteiger partial charge in [0, 0.05) is 12.6 Å². The van der Waals surface area contributed by atoms with Crippen LogP contribution in [0.15, 0.2) is 10.6 Å². The predicted molar refractivity (Wildman–Crippen MR) is 76.4 cm³/mol. The summed E-state index contributed by atoms with van der Waals surface area (Å²) in [5.41, 5.74) is 0. The second-order valence-electron chi connectivity index (χ2n) is 6.20. The maximum atomic E-state index is 12.0. The molecule has 2 fully saturated rings. The zero-order chi connectivity index (χ0) is 13.9. The molecule has 1 aliphatic carbocycles. The molecule has 0 bridgehead atoms. The second-order valence-corrected chi connectivity index (χ2v) is 6.20. The van der Waals surface area contributed by atoms with Crippen molar-refractivity contribution in [1.82, 2.24) is 10.1 Å². The maximum Gasteiger partial charge on any atom is 0.239 e. The number of carbonyl (C=O) groups is 1. The van der Waals surface area contributed by atoms with Crippen LogP contribution >= 0.6 is 0 Å². The van der Waals surface area contributed by atoms with Gasteiger partial charge < -0.3 is 9.84 Å². The summed E-state index contributed by atoms with van der Waals surface area (Å²) in [5, 5.41) is 6.59. The average molecular weight is 277 g/mol. The zero-order valence-corrected chi connectivity index (χ0v) is 12.1. The highest BCUT2D eigenvalue weighted by Gasteiger charge is 2.31. The number of amides is 1. The van der Waals surface area contributed by atoms with Crippen LogP contribution in [0.5, 0.6) is 0 Å². The van der Waals surface area contributed by atoms with Gasteiger partial charge in [0.25, 0.3) is 0 Å². The Balaban J connectivity index is 1.49. The summed E-state index contributed by atoms with van der Waals surface area (Å²) in [4.78, 5) is 14.3. The van der Waals surface area contributed by atoms with Gasteiger partial charge in [0.15, 0.2) is 5.82 Å². The van der Waals surface area contributed by atoms with Gasteiger partial charge in [-0.25, -0.2) is 0 Å². The van der Waals surface area contributed by atoms with Crippen LogP contribution in [-0.2, 0) is 4.79 Å². The Kier molecular flexibility index (Phi) is 4.05. The molecule has 0 radical (unpaired) electrons. The van der Waals surface area contributed by atoms with Gasteiger partial charge in [-0.3, -0.25) is 9.69 Å². The summed E-state index contributed by atoms with van der Waals surface area (Å²) in [7, 11) is 0. The van der Waals surface area contributed by atoms with Crippen molar-refractivity contribution in [3.8, 4) is 0 Å². The number of likely N-dealkylation sites (tertiary alicyclic amines) is 1. The van der Waals surface area contributed by atoms with E-state index < -0.39 is 0 Å². The highest BCUT2D eigenvalue weighted by atomic mass is 16.5. The van der Waals surface area contributed by atoms with Gasteiger partial charge in [0.2, 0.25) is 5.91 Å². The van der Waals surface area contributed by atoms with E-state index in [0.717, 1.165) is 24.9 Å². The molecular weight excluding hydrogens is 254 g/mol. The molecular formula is C15H23N3O2. The number of aryl methyl sites for hydroxylation is 1. The molecule has 1 aromatic rings. The van der Waals surface area contributed by atoms with Crippen molar-refractivity contribution in [2.24, 2.45) is 11.8 Å². The fourth-order valence-corrected chi connectivity index (χ4v) is 3.63. The van der Waals surface area contributed by atoms with E-state index in [2.05, 4.69) is 15.4 Å². The van der Waals surface area contributed by atoms with Crippen LogP contribution in [0.4, 0.5) is 5.82 Å². The fraction of sp³-hybridized carbons (Fsp3) is 0.733. The summed E-state index contributed by atoms with van der Waals surface area (Å²) < 4.78 is 4.95. The third-order valence-electron chi connectivity index (χ3n) is 4.64. The molecule has 0 aromatic carbocycles. The predicted octanol–water partition coefficient (Wildman–Crippen LogP) is 2.43. The van der Waals surface area contributed by atoms with Crippen LogP contribution in [0.25, 0.3) is 0 Å². The molecule has 2 heterocycles. The van der Waals surface area contributed by atoms with Crippen LogP contribution in [0.3, 0.4) is 0 Å². The van der Waals surface area contributed by atoms with Gasteiger partial charge in [-0.2, -0.15) is 0 Å². The number of aromatic nitrogens is 1. The van der Waals surface area contributed by atoms with Crippen LogP contribution < -0.4 is 5.32 Å². The third kappa shape index (κ3) is 3.20. The molecule has 2 unspecified atom stereocenters. The fourth-order valence-electron chi connectivity index (χ4n) is 3.63. The lowest BCUT2D eigenvalue weighted by Crippen LogP contribution is -2.44. The molecule has 1 N–H and O–H groups in total. The lowest BCUT2D eigenvalue weighted by atomic mass is 9.75. The van der Waals surface area contributed by atoms with E-state index in [-0.39, 0.29) is 5.91 Å². The number of anilines is 1. The van der Waals surface area contributed by atoms with Gasteiger partial charge in [-0.05, 0) is 38.1 Å². The standard InChI is InChI=1S/C15H23N3O2/c1-11-8-14(17-20-11)16-15(19)10-18-7-6-12-4-2-3-5-13(12)9-18/h8,12-13H,2-7,9-10H2,1H3,(H,16,17,19). The van der Waals surface area contributed by atoms with Crippen molar-refractivity contribution < 1.29 is 9.32 Å². The Bertz CT molecular complexity index is 471. The van der Waals surface area contributed by atoms with Crippen molar-refractivity contribution in [2.45, 2.75) is 39.0 Å². The van der Waals surface area contributed by atoms with E-state index in [1.165, 1.54) is 32.1 Å². The number of carbonyl (C=O) groups excluding carboxylic acids is 1. The SMILES string of the molecule is Cc1cc(NC(=O)CN2CCC3CCCCC3C2)no1. The minimum Gasteiger partial charge on any atom is -0.360 e. The Morgan fingerprint density at radius 1 is 1.40 bits per heavy atom. The number of piperidine rings is 1. The molecule has 20 heavy (non-hydrogen) atoms. The van der Waals surface area contributed by atoms with Gasteiger partial charge in [-0.1, -0.05) is 24.4 Å². The summed E-state index contributed by atoms with van der Waals surface area (Å²) >= 11 is 0. The monoisotopic (exact) mass is 277 g/mol. The van der Waals surface area contributed by atoms with E-state index in [1.54, 1.807) is 6.07 Å². The van der Waals surface area contributed by atoms with Gasteiger partial charge in [0.1, 0.15) is 5.76 Å². The number of hydrogen-bond acceptors (Lipinski definition) is 4. The second kappa shape index (κ2) is 5.95. The molecule has 0 spiro atoms. The van der Waals surface area contributed by atoms with Crippen LogP contribution in [0.2, 0.25) is 0 Å². The first kappa shape index (κ1) is 13.6. The molecule has 2 atom stereocenters. The Morgan fingerprint density at radius 3 is 2.95 bits per heavy atom. The zero-order valence-electron chi connectivity index (χ0n) is 12.1. The molecule has 1 saturated heterocycles. The topological polar surface area (TPSA) is 58.4 Å². The molecule has 1 saturated carbocycles. The molecule has 110 valence electrons. The van der Waals surface area contributed by atoms with Crippen LogP contribution in [0, 0.1) is 18.8 Å². The quantitative estimate of drug-likeness (QED) is 0.922. The Morgan fingerprint density at radius 2 is 2.20 bits per heavy atom. The van der Waals surface area contributed by atoms with Crippen molar-refractivity contribution in [2.75, 3.05) is 25.0 Å². The first-order valence-corrected chi connectivity index (χ1v) is 7.66. The largest absolute Gasteiger partial charge is 0.360 e. The molecule has 1 aromatic heterocycles. The third-order valence-corrected chi connectivity index (χ3v) is 4.64. The van der Waals surface area contributed by atoms with Crippen molar-refractivity contribution in [3.05, 3.63) is 11.8 Å². The summed E-state index contributed by atoms with van der Waals surface area (Å²) in [6, 6.07) is 1.74. The lowest BCUT2D eigenvalue weighted by molar-refractivity contribution is -0.118. The van der Waals surface area contributed by atoms with Gasteiger partial charge >= 0.3 is 0 Å². The Hall–Kier alpha value is -1.36. The lowest BCUT2D eigenvalue weighted by Gasteiger charge is -2.41. The smallest absolute Gasteiger partial charge is 0.239 e. The summed E-state index contributed by atoms with van der Waals surface area (Å²) in [5.74, 6) is 2.94. The molecule has 5 nitrogen and oxygen atoms in total. The highest BCUT2D eigenvalue weighted by Crippen LogP contribution is 2.35. The van der Waals surface area contributed by atoms with Crippen LogP contribution in [-0.4, -0.2) is 35.6 Å². The number of hydrogen-bond donors (Lipinski definition) is 1. The van der Waals surface area contributed by atoms with Crippen molar-refractivity contribution >= 4 is 11.7 Å². The van der Waals surface area contributed by atoms with E-state index in [0.29, 0.717) is 18.1 Å². The number of fused-ring (bicyclic) bond motifs is 1. The minimum absolute atomic E-state index is 0.00700. The number of rotatable bonds is 3. The van der Waals surface area contributed by atoms with E-state index in [4.69, 9.17) is 4.52 Å². The Labute approximate surface area is 119 Å². The number of nitrogens with zero attached hydrogens (tertiary/aromatic N) is 2. The molecule has 1 aliphatic heterocycles. The van der Waals surface area contributed by atoms with Crippen LogP contribution in [0.1, 0.15) is 37.9 Å². The first-order chi connectivity index (χ1) is 9.70. The van der Waals surface area contributed by atoms with E-state index in [1.807, 2.05) is 6.92 Å². The van der Waals surface area contributed by atoms with Crippen molar-refractivity contribution in [1.29, 1.82) is 0 Å². The molecule has 1 amide bonds. The summed E-state index contributed by atoms with van der Waals surface area (Å²) in [6.45, 7) is 4.41. The number of nitrogens with one attached hydrogen (secondary N) is 1. The molecule has 2 aliphatic rings.